The second-order valence-corrected chi connectivity index (χ2v) is 2.78. The number of rotatable bonds is 3. The molecule has 1 atom stereocenters. The Morgan fingerprint density at radius 1 is 1.70 bits per heavy atom. The van der Waals surface area contributed by atoms with E-state index in [9.17, 15) is 0 Å². The molecule has 0 fully saturated rings. The van der Waals surface area contributed by atoms with Gasteiger partial charge < -0.3 is 10.6 Å². The Kier molecular flexibility index (Phi) is 3.84. The second-order valence-electron chi connectivity index (χ2n) is 2.78. The molecule has 10 heavy (non-hydrogen) atoms. The van der Waals surface area contributed by atoms with Gasteiger partial charge in [-0.05, 0) is 5.92 Å². The zero-order chi connectivity index (χ0) is 8.15. The van der Waals surface area contributed by atoms with Crippen LogP contribution in [-0.2, 0) is 0 Å². The molecule has 0 radical (unpaired) electrons. The van der Waals surface area contributed by atoms with Crippen LogP contribution in [0.1, 0.15) is 20.3 Å². The minimum Gasteiger partial charge on any atom is -0.370 e. The van der Waals surface area contributed by atoms with E-state index in [1.54, 1.807) is 4.90 Å². The summed E-state index contributed by atoms with van der Waals surface area (Å²) in [5.41, 5.74) is 5.25. The number of nitrogens with two attached hydrogens (primary N) is 1. The molecule has 0 unspecified atom stereocenters. The van der Waals surface area contributed by atoms with Crippen molar-refractivity contribution in [3.8, 4) is 0 Å². The lowest BCUT2D eigenvalue weighted by Crippen LogP contribution is -2.35. The molecule has 0 aliphatic rings. The average Bonchev–Trinajstić information content (AvgIpc) is 1.87. The smallest absolute Gasteiger partial charge is 0.188 e. The highest BCUT2D eigenvalue weighted by Gasteiger charge is 2.03. The number of hydrogen-bond acceptors (Lipinski definition) is 1. The standard InChI is InChI=1S/C7H17N3/c1-4-6(2)5-10(3)7(8)9/h6H,4-5H2,1-3H3,(H3,8,9)/t6-/m0/s1. The summed E-state index contributed by atoms with van der Waals surface area (Å²) >= 11 is 0. The van der Waals surface area contributed by atoms with Gasteiger partial charge in [-0.1, -0.05) is 20.3 Å². The Hall–Kier alpha value is -0.730. The maximum absolute atomic E-state index is 7.07. The molecule has 3 heteroatoms. The van der Waals surface area contributed by atoms with Gasteiger partial charge in [0.2, 0.25) is 0 Å². The molecule has 0 saturated carbocycles. The molecule has 0 saturated heterocycles. The van der Waals surface area contributed by atoms with Crippen LogP contribution in [0.25, 0.3) is 0 Å². The van der Waals surface area contributed by atoms with E-state index in [0.717, 1.165) is 13.0 Å². The molecule has 3 N–H and O–H groups in total. The molecular weight excluding hydrogens is 126 g/mol. The van der Waals surface area contributed by atoms with Crippen LogP contribution in [0.2, 0.25) is 0 Å². The van der Waals surface area contributed by atoms with Crippen LogP contribution in [0.5, 0.6) is 0 Å². The molecule has 0 rings (SSSR count). The third kappa shape index (κ3) is 3.33. The Balaban J connectivity index is 3.56. The minimum absolute atomic E-state index is 0.153. The van der Waals surface area contributed by atoms with Crippen LogP contribution < -0.4 is 5.73 Å². The number of nitrogens with zero attached hydrogens (tertiary/aromatic N) is 1. The lowest BCUT2D eigenvalue weighted by atomic mass is 10.1. The highest BCUT2D eigenvalue weighted by atomic mass is 15.2. The van der Waals surface area contributed by atoms with E-state index < -0.39 is 0 Å². The van der Waals surface area contributed by atoms with Crippen LogP contribution in [0.4, 0.5) is 0 Å². The fraction of sp³-hybridized carbons (Fsp3) is 0.857. The van der Waals surface area contributed by atoms with Crippen molar-refractivity contribution in [1.82, 2.24) is 4.90 Å². The maximum atomic E-state index is 7.07. The molecule has 0 spiro atoms. The van der Waals surface area contributed by atoms with Gasteiger partial charge in [0.05, 0.1) is 0 Å². The van der Waals surface area contributed by atoms with E-state index in [0.29, 0.717) is 5.92 Å². The Morgan fingerprint density at radius 3 is 2.50 bits per heavy atom. The summed E-state index contributed by atoms with van der Waals surface area (Å²) in [6, 6.07) is 0. The van der Waals surface area contributed by atoms with Gasteiger partial charge in [0.1, 0.15) is 0 Å². The van der Waals surface area contributed by atoms with Crippen molar-refractivity contribution >= 4 is 5.96 Å². The molecule has 60 valence electrons. The molecule has 0 heterocycles. The first-order chi connectivity index (χ1) is 4.57. The van der Waals surface area contributed by atoms with Crippen molar-refractivity contribution in [3.63, 3.8) is 0 Å². The molecule has 3 nitrogen and oxygen atoms in total. The van der Waals surface area contributed by atoms with Crippen molar-refractivity contribution in [2.75, 3.05) is 13.6 Å². The SMILES string of the molecule is CC[C@H](C)CN(C)C(=N)N. The lowest BCUT2D eigenvalue weighted by molar-refractivity contribution is 0.391. The van der Waals surface area contributed by atoms with Crippen LogP contribution in [0, 0.1) is 11.3 Å². The number of hydrogen-bond donors (Lipinski definition) is 2. The molecule has 0 aromatic rings. The summed E-state index contributed by atoms with van der Waals surface area (Å²) in [6.45, 7) is 5.17. The van der Waals surface area contributed by atoms with Crippen molar-refractivity contribution in [2.24, 2.45) is 11.7 Å². The fourth-order valence-corrected chi connectivity index (χ4v) is 0.695. The predicted octanol–water partition coefficient (Wildman–Crippen LogP) is 0.858. The van der Waals surface area contributed by atoms with Crippen molar-refractivity contribution < 1.29 is 0 Å². The van der Waals surface area contributed by atoms with Crippen molar-refractivity contribution in [3.05, 3.63) is 0 Å². The van der Waals surface area contributed by atoms with E-state index in [-0.39, 0.29) is 5.96 Å². The zero-order valence-electron chi connectivity index (χ0n) is 7.02. The van der Waals surface area contributed by atoms with Crippen molar-refractivity contribution in [2.45, 2.75) is 20.3 Å². The third-order valence-corrected chi connectivity index (χ3v) is 1.69. The summed E-state index contributed by atoms with van der Waals surface area (Å²) in [7, 11) is 1.84. The summed E-state index contributed by atoms with van der Waals surface area (Å²) in [6.07, 6.45) is 1.14. The number of guanidine groups is 1. The minimum atomic E-state index is 0.153. The first kappa shape index (κ1) is 9.27. The maximum Gasteiger partial charge on any atom is 0.188 e. The normalized spacial score (nSPS) is 12.7. The highest BCUT2D eigenvalue weighted by Crippen LogP contribution is 2.01. The van der Waals surface area contributed by atoms with Gasteiger partial charge in [-0.2, -0.15) is 0 Å². The van der Waals surface area contributed by atoms with Crippen LogP contribution >= 0.6 is 0 Å². The largest absolute Gasteiger partial charge is 0.370 e. The quantitative estimate of drug-likeness (QED) is 0.454. The third-order valence-electron chi connectivity index (χ3n) is 1.69. The second kappa shape index (κ2) is 4.14. The van der Waals surface area contributed by atoms with E-state index in [1.807, 2.05) is 7.05 Å². The monoisotopic (exact) mass is 143 g/mol. The van der Waals surface area contributed by atoms with Crippen LogP contribution in [-0.4, -0.2) is 24.5 Å². The average molecular weight is 143 g/mol. The lowest BCUT2D eigenvalue weighted by Gasteiger charge is -2.19. The van der Waals surface area contributed by atoms with E-state index in [4.69, 9.17) is 11.1 Å². The summed E-state index contributed by atoms with van der Waals surface area (Å²) in [5.74, 6) is 0.772. The summed E-state index contributed by atoms with van der Waals surface area (Å²) < 4.78 is 0. The molecular formula is C7H17N3. The number of nitrogens with one attached hydrogen (secondary N) is 1. The van der Waals surface area contributed by atoms with Gasteiger partial charge in [-0.3, -0.25) is 5.41 Å². The fourth-order valence-electron chi connectivity index (χ4n) is 0.695. The van der Waals surface area contributed by atoms with Crippen LogP contribution in [0.15, 0.2) is 0 Å². The predicted molar refractivity (Wildman–Crippen MR) is 44.0 cm³/mol. The van der Waals surface area contributed by atoms with Gasteiger partial charge in [-0.15, -0.1) is 0 Å². The topological polar surface area (TPSA) is 53.1 Å². The van der Waals surface area contributed by atoms with Gasteiger partial charge in [0, 0.05) is 13.6 Å². The summed E-state index contributed by atoms with van der Waals surface area (Å²) in [4.78, 5) is 1.76. The van der Waals surface area contributed by atoms with Gasteiger partial charge in [-0.25, -0.2) is 0 Å². The van der Waals surface area contributed by atoms with Gasteiger partial charge >= 0.3 is 0 Å². The molecule has 0 aliphatic heterocycles. The van der Waals surface area contributed by atoms with Crippen molar-refractivity contribution in [1.29, 1.82) is 5.41 Å². The zero-order valence-corrected chi connectivity index (χ0v) is 7.02. The van der Waals surface area contributed by atoms with E-state index >= 15 is 0 Å². The molecule has 0 aromatic heterocycles. The first-order valence-electron chi connectivity index (χ1n) is 3.63. The highest BCUT2D eigenvalue weighted by molar-refractivity contribution is 5.74. The Morgan fingerprint density at radius 2 is 2.20 bits per heavy atom. The van der Waals surface area contributed by atoms with Gasteiger partial charge in [0.15, 0.2) is 5.96 Å². The van der Waals surface area contributed by atoms with Crippen LogP contribution in [0.3, 0.4) is 0 Å². The van der Waals surface area contributed by atoms with Gasteiger partial charge in [0.25, 0.3) is 0 Å². The molecule has 0 bridgehead atoms. The molecule has 0 aliphatic carbocycles. The van der Waals surface area contributed by atoms with E-state index in [1.165, 1.54) is 0 Å². The molecule has 0 amide bonds. The Bertz CT molecular complexity index is 111. The summed E-state index contributed by atoms with van der Waals surface area (Å²) in [5, 5.41) is 7.07. The molecule has 0 aromatic carbocycles. The van der Waals surface area contributed by atoms with E-state index in [2.05, 4.69) is 13.8 Å². The first-order valence-corrected chi connectivity index (χ1v) is 3.63. The Labute approximate surface area is 62.7 Å².